The lowest BCUT2D eigenvalue weighted by Gasteiger charge is -2.21. The molecule has 1 aliphatic heterocycles. The van der Waals surface area contributed by atoms with Crippen molar-refractivity contribution in [1.29, 1.82) is 0 Å². The third-order valence-corrected chi connectivity index (χ3v) is 5.20. The van der Waals surface area contributed by atoms with Crippen molar-refractivity contribution >= 4 is 11.8 Å². The van der Waals surface area contributed by atoms with Gasteiger partial charge in [-0.3, -0.25) is 0 Å². The van der Waals surface area contributed by atoms with Gasteiger partial charge < -0.3 is 5.32 Å². The summed E-state index contributed by atoms with van der Waals surface area (Å²) in [7, 11) is 0. The molecule has 1 heterocycles. The van der Waals surface area contributed by atoms with Gasteiger partial charge in [-0.05, 0) is 36.1 Å². The predicted octanol–water partition coefficient (Wildman–Crippen LogP) is 2.64. The molecule has 1 nitrogen and oxygen atoms in total. The van der Waals surface area contributed by atoms with E-state index in [2.05, 4.69) is 48.3 Å². The number of hydrogen-bond donors (Lipinski definition) is 1. The monoisotopic (exact) mass is 233 g/mol. The van der Waals surface area contributed by atoms with Crippen LogP contribution in [-0.2, 0) is 12.8 Å². The van der Waals surface area contributed by atoms with Crippen LogP contribution in [0.2, 0.25) is 0 Å². The lowest BCUT2D eigenvalue weighted by atomic mass is 10.1. The number of thioether (sulfide) groups is 1. The fourth-order valence-corrected chi connectivity index (χ4v) is 4.14. The third kappa shape index (κ3) is 2.01. The highest BCUT2D eigenvalue weighted by Crippen LogP contribution is 2.28. The number of fused-ring (bicyclic) bond motifs is 1. The Kier molecular flexibility index (Phi) is 2.95. The molecule has 2 heteroatoms. The quantitative estimate of drug-likeness (QED) is 0.843. The van der Waals surface area contributed by atoms with Crippen LogP contribution in [0.25, 0.3) is 0 Å². The molecule has 0 saturated carbocycles. The van der Waals surface area contributed by atoms with E-state index in [0.717, 1.165) is 11.3 Å². The second kappa shape index (κ2) is 4.42. The second-order valence-electron chi connectivity index (χ2n) is 5.01. The minimum Gasteiger partial charge on any atom is -0.309 e. The zero-order valence-electron chi connectivity index (χ0n) is 9.78. The highest BCUT2D eigenvalue weighted by atomic mass is 32.2. The van der Waals surface area contributed by atoms with Gasteiger partial charge in [-0.1, -0.05) is 31.2 Å². The van der Waals surface area contributed by atoms with E-state index >= 15 is 0 Å². The van der Waals surface area contributed by atoms with Crippen LogP contribution in [0.3, 0.4) is 0 Å². The van der Waals surface area contributed by atoms with Gasteiger partial charge in [0.1, 0.15) is 0 Å². The normalized spacial score (nSPS) is 29.6. The largest absolute Gasteiger partial charge is 0.309 e. The molecule has 86 valence electrons. The Morgan fingerprint density at radius 1 is 1.19 bits per heavy atom. The van der Waals surface area contributed by atoms with Gasteiger partial charge in [0, 0.05) is 17.3 Å². The molecule has 1 fully saturated rings. The Bertz CT molecular complexity index is 352. The molecule has 2 unspecified atom stereocenters. The number of nitrogens with one attached hydrogen (secondary N) is 1. The Labute approximate surface area is 102 Å². The Hall–Kier alpha value is -0.470. The number of benzene rings is 1. The molecule has 1 N–H and O–H groups in total. The average molecular weight is 233 g/mol. The van der Waals surface area contributed by atoms with Crippen molar-refractivity contribution in [1.82, 2.24) is 5.32 Å². The van der Waals surface area contributed by atoms with E-state index in [0.29, 0.717) is 6.04 Å². The van der Waals surface area contributed by atoms with Crippen molar-refractivity contribution in [3.8, 4) is 0 Å². The topological polar surface area (TPSA) is 12.0 Å². The summed E-state index contributed by atoms with van der Waals surface area (Å²) in [5, 5.41) is 4.65. The van der Waals surface area contributed by atoms with Gasteiger partial charge in [-0.2, -0.15) is 11.8 Å². The lowest BCUT2D eigenvalue weighted by Crippen LogP contribution is -2.41. The van der Waals surface area contributed by atoms with Crippen LogP contribution in [-0.4, -0.2) is 23.1 Å². The van der Waals surface area contributed by atoms with Gasteiger partial charge in [0.05, 0.1) is 0 Å². The molecule has 1 aromatic carbocycles. The first kappa shape index (κ1) is 10.7. The maximum Gasteiger partial charge on any atom is 0.0194 e. The van der Waals surface area contributed by atoms with Crippen LogP contribution in [0.4, 0.5) is 0 Å². The van der Waals surface area contributed by atoms with Crippen molar-refractivity contribution in [3.63, 3.8) is 0 Å². The van der Waals surface area contributed by atoms with E-state index in [1.54, 1.807) is 11.1 Å². The molecule has 0 aromatic heterocycles. The molecule has 0 amide bonds. The summed E-state index contributed by atoms with van der Waals surface area (Å²) in [5.41, 5.74) is 3.11. The van der Waals surface area contributed by atoms with Gasteiger partial charge in [0.15, 0.2) is 0 Å². The molecular formula is C14H19NS. The zero-order valence-corrected chi connectivity index (χ0v) is 10.6. The van der Waals surface area contributed by atoms with Gasteiger partial charge in [-0.15, -0.1) is 0 Å². The molecule has 16 heavy (non-hydrogen) atoms. The summed E-state index contributed by atoms with van der Waals surface area (Å²) in [6.07, 6.45) is 3.80. The lowest BCUT2D eigenvalue weighted by molar-refractivity contribution is 0.434. The van der Waals surface area contributed by atoms with Crippen LogP contribution in [0.1, 0.15) is 24.5 Å². The Morgan fingerprint density at radius 3 is 2.44 bits per heavy atom. The van der Waals surface area contributed by atoms with Crippen molar-refractivity contribution < 1.29 is 0 Å². The Morgan fingerprint density at radius 2 is 1.88 bits per heavy atom. The summed E-state index contributed by atoms with van der Waals surface area (Å²) < 4.78 is 0. The van der Waals surface area contributed by atoms with Crippen LogP contribution < -0.4 is 5.32 Å². The Balaban J connectivity index is 1.63. The second-order valence-corrected chi connectivity index (χ2v) is 6.50. The van der Waals surface area contributed by atoms with E-state index in [-0.39, 0.29) is 0 Å². The average Bonchev–Trinajstić information content (AvgIpc) is 2.85. The molecular weight excluding hydrogens is 214 g/mol. The van der Waals surface area contributed by atoms with Crippen molar-refractivity contribution in [2.75, 3.05) is 5.75 Å². The predicted molar refractivity (Wildman–Crippen MR) is 71.1 cm³/mol. The molecule has 2 aliphatic rings. The molecule has 2 atom stereocenters. The molecule has 1 aliphatic carbocycles. The first-order chi connectivity index (χ1) is 7.83. The van der Waals surface area contributed by atoms with Crippen LogP contribution in [0.15, 0.2) is 24.3 Å². The van der Waals surface area contributed by atoms with Gasteiger partial charge in [0.2, 0.25) is 0 Å². The minimum atomic E-state index is 0.684. The standard InChI is InChI=1S/C14H19NS/c1-10-14(6-7-16-10)15-13-8-11-4-2-3-5-12(11)9-13/h2-5,10,13-15H,6-9H2,1H3. The molecule has 1 aromatic rings. The van der Waals surface area contributed by atoms with Gasteiger partial charge >= 0.3 is 0 Å². The van der Waals surface area contributed by atoms with E-state index in [4.69, 9.17) is 0 Å². The van der Waals surface area contributed by atoms with E-state index in [1.165, 1.54) is 25.0 Å². The number of rotatable bonds is 2. The maximum absolute atomic E-state index is 3.85. The van der Waals surface area contributed by atoms with Crippen LogP contribution in [0.5, 0.6) is 0 Å². The van der Waals surface area contributed by atoms with Crippen molar-refractivity contribution in [3.05, 3.63) is 35.4 Å². The van der Waals surface area contributed by atoms with Crippen molar-refractivity contribution in [2.24, 2.45) is 0 Å². The van der Waals surface area contributed by atoms with Crippen LogP contribution in [0, 0.1) is 0 Å². The third-order valence-electron chi connectivity index (χ3n) is 3.88. The molecule has 0 spiro atoms. The van der Waals surface area contributed by atoms with Crippen molar-refractivity contribution in [2.45, 2.75) is 43.5 Å². The summed E-state index contributed by atoms with van der Waals surface area (Å²) in [6, 6.07) is 10.3. The van der Waals surface area contributed by atoms with E-state index in [9.17, 15) is 0 Å². The summed E-state index contributed by atoms with van der Waals surface area (Å²) in [6.45, 7) is 2.36. The zero-order chi connectivity index (χ0) is 11.0. The molecule has 3 rings (SSSR count). The van der Waals surface area contributed by atoms with Gasteiger partial charge in [-0.25, -0.2) is 0 Å². The fourth-order valence-electron chi connectivity index (χ4n) is 2.93. The van der Waals surface area contributed by atoms with E-state index in [1.807, 2.05) is 0 Å². The molecule has 1 saturated heterocycles. The summed E-state index contributed by atoms with van der Waals surface area (Å²) >= 11 is 2.11. The first-order valence-corrected chi connectivity index (χ1v) is 7.32. The maximum atomic E-state index is 3.85. The fraction of sp³-hybridized carbons (Fsp3) is 0.571. The van der Waals surface area contributed by atoms with Gasteiger partial charge in [0.25, 0.3) is 0 Å². The highest BCUT2D eigenvalue weighted by molar-refractivity contribution is 8.00. The minimum absolute atomic E-state index is 0.684. The number of hydrogen-bond acceptors (Lipinski definition) is 2. The highest BCUT2D eigenvalue weighted by Gasteiger charge is 2.28. The first-order valence-electron chi connectivity index (χ1n) is 6.27. The van der Waals surface area contributed by atoms with Crippen LogP contribution >= 0.6 is 11.8 Å². The molecule has 0 radical (unpaired) electrons. The smallest absolute Gasteiger partial charge is 0.0194 e. The summed E-state index contributed by atoms with van der Waals surface area (Å²) in [4.78, 5) is 0. The summed E-state index contributed by atoms with van der Waals surface area (Å²) in [5.74, 6) is 1.33. The SMILES string of the molecule is CC1SCCC1NC1Cc2ccccc2C1. The molecule has 0 bridgehead atoms. The van der Waals surface area contributed by atoms with E-state index < -0.39 is 0 Å².